The lowest BCUT2D eigenvalue weighted by Crippen LogP contribution is -2.44. The molecule has 0 saturated carbocycles. The number of piperazine rings is 1. The van der Waals surface area contributed by atoms with Gasteiger partial charge in [-0.25, -0.2) is 12.7 Å². The van der Waals surface area contributed by atoms with Crippen LogP contribution < -0.4 is 10.2 Å². The first-order chi connectivity index (χ1) is 15.8. The van der Waals surface area contributed by atoms with Gasteiger partial charge in [-0.05, 0) is 56.1 Å². The molecule has 0 aliphatic carbocycles. The minimum atomic E-state index is -3.38. The molecule has 2 fully saturated rings. The van der Waals surface area contributed by atoms with Crippen LogP contribution in [0.4, 0.5) is 11.4 Å². The van der Waals surface area contributed by atoms with E-state index >= 15 is 0 Å². The maximum Gasteiger partial charge on any atom is 0.227 e. The highest BCUT2D eigenvalue weighted by Crippen LogP contribution is 2.27. The molecule has 2 heterocycles. The van der Waals surface area contributed by atoms with Crippen LogP contribution in [0.1, 0.15) is 24.0 Å². The van der Waals surface area contributed by atoms with Gasteiger partial charge >= 0.3 is 0 Å². The van der Waals surface area contributed by atoms with Crippen molar-refractivity contribution in [3.63, 3.8) is 0 Å². The Hall–Kier alpha value is -2.42. The molecule has 2 aliphatic heterocycles. The summed E-state index contributed by atoms with van der Waals surface area (Å²) in [6.07, 6.45) is 1.08. The van der Waals surface area contributed by atoms with Crippen molar-refractivity contribution in [3.05, 3.63) is 59.7 Å². The number of aryl methyl sites for hydroxylation is 1. The number of likely N-dealkylation sites (N-methyl/N-ethyl adjacent to an activating group) is 1. The van der Waals surface area contributed by atoms with Crippen molar-refractivity contribution in [1.29, 1.82) is 0 Å². The summed E-state index contributed by atoms with van der Waals surface area (Å²) in [5.41, 5.74) is 3.96. The highest BCUT2D eigenvalue weighted by Gasteiger charge is 2.31. The number of carbonyl (C=O) groups is 1. The number of hydrogen-bond donors (Lipinski definition) is 1. The summed E-state index contributed by atoms with van der Waals surface area (Å²) in [5.74, 6) is -0.198. The summed E-state index contributed by atoms with van der Waals surface area (Å²) in [6.45, 7) is 6.97. The van der Waals surface area contributed by atoms with Crippen LogP contribution in [0.15, 0.2) is 48.5 Å². The molecule has 1 N–H and O–H groups in total. The first-order valence-corrected chi connectivity index (χ1v) is 13.3. The zero-order valence-corrected chi connectivity index (χ0v) is 20.4. The van der Waals surface area contributed by atoms with Crippen LogP contribution in [0.5, 0.6) is 0 Å². The number of amides is 1. The van der Waals surface area contributed by atoms with Gasteiger partial charge in [0.25, 0.3) is 0 Å². The van der Waals surface area contributed by atoms with Crippen molar-refractivity contribution in [2.45, 2.75) is 25.5 Å². The Labute approximate surface area is 197 Å². The molecule has 0 aromatic heterocycles. The van der Waals surface area contributed by atoms with E-state index in [4.69, 9.17) is 0 Å². The lowest BCUT2D eigenvalue weighted by molar-refractivity contribution is -0.120. The summed E-state index contributed by atoms with van der Waals surface area (Å²) in [5, 5.41) is 3.05. The minimum Gasteiger partial charge on any atom is -0.369 e. The molecule has 2 aromatic rings. The van der Waals surface area contributed by atoms with Gasteiger partial charge < -0.3 is 15.1 Å². The third kappa shape index (κ3) is 5.93. The lowest BCUT2D eigenvalue weighted by atomic mass is 9.97. The first kappa shape index (κ1) is 23.7. The van der Waals surface area contributed by atoms with E-state index in [2.05, 4.69) is 35.2 Å². The summed E-state index contributed by atoms with van der Waals surface area (Å²) < 4.78 is 27.0. The zero-order chi connectivity index (χ0) is 23.4. The molecular weight excluding hydrogens is 436 g/mol. The van der Waals surface area contributed by atoms with E-state index in [-0.39, 0.29) is 17.6 Å². The summed E-state index contributed by atoms with van der Waals surface area (Å²) in [4.78, 5) is 17.6. The second-order valence-electron chi connectivity index (χ2n) is 9.20. The average molecular weight is 471 g/mol. The average Bonchev–Trinajstić information content (AvgIpc) is 2.80. The third-order valence-corrected chi connectivity index (χ3v) is 8.57. The van der Waals surface area contributed by atoms with Crippen molar-refractivity contribution in [1.82, 2.24) is 9.21 Å². The van der Waals surface area contributed by atoms with E-state index in [1.54, 1.807) is 0 Å². The maximum absolute atomic E-state index is 12.9. The molecule has 0 radical (unpaired) electrons. The van der Waals surface area contributed by atoms with Crippen LogP contribution >= 0.6 is 0 Å². The molecule has 33 heavy (non-hydrogen) atoms. The highest BCUT2D eigenvalue weighted by atomic mass is 32.2. The Morgan fingerprint density at radius 1 is 0.970 bits per heavy atom. The number of nitrogens with zero attached hydrogens (tertiary/aromatic N) is 3. The second-order valence-corrected chi connectivity index (χ2v) is 11.2. The van der Waals surface area contributed by atoms with Gasteiger partial charge in [-0.3, -0.25) is 4.79 Å². The van der Waals surface area contributed by atoms with Crippen molar-refractivity contribution in [3.8, 4) is 0 Å². The number of hydrogen-bond acceptors (Lipinski definition) is 5. The van der Waals surface area contributed by atoms with Crippen LogP contribution in [0.2, 0.25) is 0 Å². The van der Waals surface area contributed by atoms with Gasteiger partial charge in [0.05, 0.1) is 5.75 Å². The lowest BCUT2D eigenvalue weighted by Gasteiger charge is -2.35. The first-order valence-electron chi connectivity index (χ1n) is 11.7. The smallest absolute Gasteiger partial charge is 0.227 e. The van der Waals surface area contributed by atoms with Gasteiger partial charge in [-0.2, -0.15) is 0 Å². The fourth-order valence-corrected chi connectivity index (χ4v) is 6.22. The van der Waals surface area contributed by atoms with Crippen LogP contribution in [0.3, 0.4) is 0 Å². The predicted octanol–water partition coefficient (Wildman–Crippen LogP) is 2.93. The Morgan fingerprint density at radius 2 is 1.64 bits per heavy atom. The van der Waals surface area contributed by atoms with Crippen LogP contribution in [0.25, 0.3) is 0 Å². The summed E-state index contributed by atoms with van der Waals surface area (Å²) >= 11 is 0. The van der Waals surface area contributed by atoms with Gasteiger partial charge in [0.2, 0.25) is 15.9 Å². The third-order valence-electron chi connectivity index (χ3n) is 6.72. The largest absolute Gasteiger partial charge is 0.369 e. The fourth-order valence-electron chi connectivity index (χ4n) is 4.65. The Morgan fingerprint density at radius 3 is 2.27 bits per heavy atom. The molecule has 0 spiro atoms. The second kappa shape index (κ2) is 10.2. The minimum absolute atomic E-state index is 0.00360. The van der Waals surface area contributed by atoms with Gasteiger partial charge in [0, 0.05) is 56.6 Å². The number of sulfonamides is 1. The van der Waals surface area contributed by atoms with Gasteiger partial charge in [0.15, 0.2) is 0 Å². The van der Waals surface area contributed by atoms with Crippen molar-refractivity contribution in [2.24, 2.45) is 5.92 Å². The topological polar surface area (TPSA) is 73.0 Å². The predicted molar refractivity (Wildman–Crippen MR) is 133 cm³/mol. The van der Waals surface area contributed by atoms with Gasteiger partial charge in [-0.15, -0.1) is 0 Å². The zero-order valence-electron chi connectivity index (χ0n) is 19.5. The molecule has 2 aliphatic rings. The number of carbonyl (C=O) groups excluding carboxylic acids is 1. The molecule has 4 rings (SSSR count). The van der Waals surface area contributed by atoms with Gasteiger partial charge in [0.1, 0.15) is 0 Å². The molecule has 0 atom stereocenters. The highest BCUT2D eigenvalue weighted by molar-refractivity contribution is 7.88. The van der Waals surface area contributed by atoms with Crippen LogP contribution in [0, 0.1) is 12.8 Å². The van der Waals surface area contributed by atoms with Crippen LogP contribution in [-0.2, 0) is 20.6 Å². The van der Waals surface area contributed by atoms with E-state index in [1.807, 2.05) is 42.5 Å². The number of anilines is 2. The Bertz CT molecular complexity index is 1060. The molecule has 2 saturated heterocycles. The van der Waals surface area contributed by atoms with E-state index in [1.165, 1.54) is 9.99 Å². The Balaban J connectivity index is 1.30. The van der Waals surface area contributed by atoms with Crippen molar-refractivity contribution < 1.29 is 13.2 Å². The fraction of sp³-hybridized carbons (Fsp3) is 0.480. The van der Waals surface area contributed by atoms with Crippen LogP contribution in [-0.4, -0.2) is 69.8 Å². The molecule has 0 unspecified atom stereocenters. The monoisotopic (exact) mass is 470 g/mol. The van der Waals surface area contributed by atoms with E-state index < -0.39 is 10.0 Å². The standard InChI is InChI=1S/C25H34N4O3S/c1-20-18-23(8-9-24(20)28-16-14-27(2)15-17-28)26-25(30)22-10-12-29(13-11-22)33(31,32)19-21-6-4-3-5-7-21/h3-9,18,22H,10-17,19H2,1-2H3,(H,26,30). The molecule has 7 nitrogen and oxygen atoms in total. The molecular formula is C25H34N4O3S. The molecule has 2 aromatic carbocycles. The number of nitrogens with one attached hydrogen (secondary N) is 1. The summed E-state index contributed by atoms with van der Waals surface area (Å²) in [7, 11) is -1.23. The molecule has 1 amide bonds. The van der Waals surface area contributed by atoms with Gasteiger partial charge in [-0.1, -0.05) is 30.3 Å². The number of benzene rings is 2. The quantitative estimate of drug-likeness (QED) is 0.703. The Kier molecular flexibility index (Phi) is 7.36. The normalized spacial score (nSPS) is 18.9. The van der Waals surface area contributed by atoms with E-state index in [0.717, 1.165) is 43.0 Å². The molecule has 8 heteroatoms. The SMILES string of the molecule is Cc1cc(NC(=O)C2CCN(S(=O)(=O)Cc3ccccc3)CC2)ccc1N1CCN(C)CC1. The van der Waals surface area contributed by atoms with Crippen molar-refractivity contribution >= 4 is 27.3 Å². The molecule has 178 valence electrons. The maximum atomic E-state index is 12.9. The molecule has 0 bridgehead atoms. The van der Waals surface area contributed by atoms with E-state index in [0.29, 0.717) is 25.9 Å². The summed E-state index contributed by atoms with van der Waals surface area (Å²) in [6, 6.07) is 15.3. The number of rotatable bonds is 6. The van der Waals surface area contributed by atoms with Crippen molar-refractivity contribution in [2.75, 3.05) is 56.5 Å². The number of piperidine rings is 1. The van der Waals surface area contributed by atoms with E-state index in [9.17, 15) is 13.2 Å².